The van der Waals surface area contributed by atoms with Gasteiger partial charge in [0, 0.05) is 0 Å². The average Bonchev–Trinajstić information content (AvgIpc) is 2.32. The molecule has 1 fully saturated rings. The number of ether oxygens (including phenoxy) is 1. The Morgan fingerprint density at radius 1 is 1.12 bits per heavy atom. The average molecular weight is 226 g/mol. The summed E-state index contributed by atoms with van der Waals surface area (Å²) in [6, 6.07) is 4.04. The molecule has 0 radical (unpaired) electrons. The second-order valence-corrected chi connectivity index (χ2v) is 4.37. The summed E-state index contributed by atoms with van der Waals surface area (Å²) in [5, 5.41) is 0. The normalized spacial score (nSPS) is 17.4. The van der Waals surface area contributed by atoms with Gasteiger partial charge in [0.2, 0.25) is 5.82 Å². The Morgan fingerprint density at radius 3 is 2.62 bits per heavy atom. The molecule has 0 heterocycles. The van der Waals surface area contributed by atoms with E-state index in [9.17, 15) is 8.78 Å². The van der Waals surface area contributed by atoms with Crippen molar-refractivity contribution in [3.63, 3.8) is 0 Å². The fraction of sp³-hybridized carbons (Fsp3) is 0.538. The molecule has 0 aliphatic heterocycles. The predicted octanol–water partition coefficient (Wildman–Crippen LogP) is 3.92. The second kappa shape index (κ2) is 5.28. The van der Waals surface area contributed by atoms with Crippen LogP contribution >= 0.6 is 0 Å². The van der Waals surface area contributed by atoms with Gasteiger partial charge in [-0.3, -0.25) is 0 Å². The van der Waals surface area contributed by atoms with E-state index in [1.165, 1.54) is 31.4 Å². The Bertz CT molecular complexity index is 346. The third-order valence-corrected chi connectivity index (χ3v) is 3.12. The fourth-order valence-corrected chi connectivity index (χ4v) is 2.16. The highest BCUT2D eigenvalue weighted by Crippen LogP contribution is 2.26. The molecule has 0 amide bonds. The third-order valence-electron chi connectivity index (χ3n) is 3.12. The maximum atomic E-state index is 13.3. The standard InChI is InChI=1S/C13H16F2O/c14-11-7-4-8-12(13(11)15)16-9-10-5-2-1-3-6-10/h4,7-8,10H,1-3,5-6,9H2. The van der Waals surface area contributed by atoms with Crippen LogP contribution in [0.25, 0.3) is 0 Å². The monoisotopic (exact) mass is 226 g/mol. The summed E-state index contributed by atoms with van der Waals surface area (Å²) in [6.07, 6.45) is 6.00. The van der Waals surface area contributed by atoms with Gasteiger partial charge in [-0.15, -0.1) is 0 Å². The van der Waals surface area contributed by atoms with Gasteiger partial charge in [-0.1, -0.05) is 25.3 Å². The highest BCUT2D eigenvalue weighted by Gasteiger charge is 2.15. The van der Waals surface area contributed by atoms with Gasteiger partial charge in [0.05, 0.1) is 6.61 Å². The van der Waals surface area contributed by atoms with E-state index in [2.05, 4.69) is 0 Å². The highest BCUT2D eigenvalue weighted by molar-refractivity contribution is 5.24. The molecule has 2 rings (SSSR count). The van der Waals surface area contributed by atoms with Gasteiger partial charge in [0.25, 0.3) is 0 Å². The third kappa shape index (κ3) is 2.71. The maximum Gasteiger partial charge on any atom is 0.200 e. The lowest BCUT2D eigenvalue weighted by Gasteiger charge is -2.21. The molecule has 1 saturated carbocycles. The van der Waals surface area contributed by atoms with E-state index in [4.69, 9.17) is 4.74 Å². The summed E-state index contributed by atoms with van der Waals surface area (Å²) in [4.78, 5) is 0. The lowest BCUT2D eigenvalue weighted by atomic mass is 9.90. The van der Waals surface area contributed by atoms with E-state index in [-0.39, 0.29) is 5.75 Å². The van der Waals surface area contributed by atoms with Crippen LogP contribution in [0.2, 0.25) is 0 Å². The van der Waals surface area contributed by atoms with E-state index < -0.39 is 11.6 Å². The maximum absolute atomic E-state index is 13.3. The number of hydrogen-bond acceptors (Lipinski definition) is 1. The molecule has 1 aliphatic rings. The zero-order valence-electron chi connectivity index (χ0n) is 9.22. The summed E-state index contributed by atoms with van der Waals surface area (Å²) in [7, 11) is 0. The molecule has 0 spiro atoms. The first-order chi connectivity index (χ1) is 7.77. The van der Waals surface area contributed by atoms with Gasteiger partial charge in [-0.2, -0.15) is 4.39 Å². The molecule has 0 aromatic heterocycles. The molecule has 0 bridgehead atoms. The smallest absolute Gasteiger partial charge is 0.200 e. The van der Waals surface area contributed by atoms with Gasteiger partial charge >= 0.3 is 0 Å². The fourth-order valence-electron chi connectivity index (χ4n) is 2.16. The molecule has 1 aromatic carbocycles. The topological polar surface area (TPSA) is 9.23 Å². The Labute approximate surface area is 94.4 Å². The van der Waals surface area contributed by atoms with Crippen LogP contribution in [0.3, 0.4) is 0 Å². The van der Waals surface area contributed by atoms with Crippen molar-refractivity contribution in [2.24, 2.45) is 5.92 Å². The van der Waals surface area contributed by atoms with Crippen LogP contribution < -0.4 is 4.74 Å². The first-order valence-electron chi connectivity index (χ1n) is 5.84. The number of halogens is 2. The molecule has 3 heteroatoms. The summed E-state index contributed by atoms with van der Waals surface area (Å²) in [5.74, 6) is -1.19. The number of benzene rings is 1. The first-order valence-corrected chi connectivity index (χ1v) is 5.84. The van der Waals surface area contributed by atoms with E-state index in [1.807, 2.05) is 0 Å². The van der Waals surface area contributed by atoms with Crippen molar-refractivity contribution < 1.29 is 13.5 Å². The number of hydrogen-bond donors (Lipinski definition) is 0. The first kappa shape index (κ1) is 11.4. The van der Waals surface area contributed by atoms with Crippen molar-refractivity contribution in [1.29, 1.82) is 0 Å². The van der Waals surface area contributed by atoms with Crippen molar-refractivity contribution in [3.8, 4) is 5.75 Å². The summed E-state index contributed by atoms with van der Waals surface area (Å²) in [5.41, 5.74) is 0. The predicted molar refractivity (Wildman–Crippen MR) is 58.4 cm³/mol. The van der Waals surface area contributed by atoms with E-state index in [0.717, 1.165) is 18.9 Å². The van der Waals surface area contributed by atoms with Crippen LogP contribution in [0.1, 0.15) is 32.1 Å². The van der Waals surface area contributed by atoms with Crippen LogP contribution in [-0.4, -0.2) is 6.61 Å². The highest BCUT2D eigenvalue weighted by atomic mass is 19.2. The van der Waals surface area contributed by atoms with Crippen molar-refractivity contribution >= 4 is 0 Å². The molecule has 1 aromatic rings. The van der Waals surface area contributed by atoms with E-state index >= 15 is 0 Å². The SMILES string of the molecule is Fc1cccc(OCC2CCCCC2)c1F. The molecule has 88 valence electrons. The van der Waals surface area contributed by atoms with Gasteiger partial charge in [-0.05, 0) is 30.9 Å². The molecule has 16 heavy (non-hydrogen) atoms. The molecule has 0 saturated heterocycles. The summed E-state index contributed by atoms with van der Waals surface area (Å²) in [6.45, 7) is 0.500. The minimum atomic E-state index is -0.877. The van der Waals surface area contributed by atoms with Gasteiger partial charge < -0.3 is 4.74 Å². The summed E-state index contributed by atoms with van der Waals surface area (Å²) < 4.78 is 31.5. The minimum absolute atomic E-state index is 0.0329. The molecular weight excluding hydrogens is 210 g/mol. The van der Waals surface area contributed by atoms with Crippen LogP contribution in [0, 0.1) is 17.6 Å². The van der Waals surface area contributed by atoms with Crippen molar-refractivity contribution in [2.45, 2.75) is 32.1 Å². The molecule has 1 aliphatic carbocycles. The number of rotatable bonds is 3. The molecule has 0 N–H and O–H groups in total. The van der Waals surface area contributed by atoms with Crippen LogP contribution in [0.4, 0.5) is 8.78 Å². The Morgan fingerprint density at radius 2 is 1.88 bits per heavy atom. The van der Waals surface area contributed by atoms with Gasteiger partial charge in [0.1, 0.15) is 0 Å². The molecule has 1 nitrogen and oxygen atoms in total. The van der Waals surface area contributed by atoms with Crippen molar-refractivity contribution in [1.82, 2.24) is 0 Å². The molecule has 0 atom stereocenters. The molecule has 0 unspecified atom stereocenters. The van der Waals surface area contributed by atoms with Crippen LogP contribution in [0.5, 0.6) is 5.75 Å². The van der Waals surface area contributed by atoms with Crippen molar-refractivity contribution in [2.75, 3.05) is 6.61 Å². The van der Waals surface area contributed by atoms with Gasteiger partial charge in [-0.25, -0.2) is 4.39 Å². The van der Waals surface area contributed by atoms with E-state index in [1.54, 1.807) is 0 Å². The lowest BCUT2D eigenvalue weighted by molar-refractivity contribution is 0.200. The van der Waals surface area contributed by atoms with Crippen LogP contribution in [-0.2, 0) is 0 Å². The van der Waals surface area contributed by atoms with Crippen LogP contribution in [0.15, 0.2) is 18.2 Å². The van der Waals surface area contributed by atoms with Gasteiger partial charge in [0.15, 0.2) is 11.6 Å². The summed E-state index contributed by atoms with van der Waals surface area (Å²) >= 11 is 0. The quantitative estimate of drug-likeness (QED) is 0.759. The van der Waals surface area contributed by atoms with Crippen molar-refractivity contribution in [3.05, 3.63) is 29.8 Å². The second-order valence-electron chi connectivity index (χ2n) is 4.37. The largest absolute Gasteiger partial charge is 0.490 e. The Balaban J connectivity index is 1.91. The lowest BCUT2D eigenvalue weighted by Crippen LogP contribution is -2.15. The Kier molecular flexibility index (Phi) is 3.75. The zero-order valence-corrected chi connectivity index (χ0v) is 9.22. The minimum Gasteiger partial charge on any atom is -0.490 e. The molecular formula is C13H16F2O. The van der Waals surface area contributed by atoms with E-state index in [0.29, 0.717) is 12.5 Å². The zero-order chi connectivity index (χ0) is 11.4. The Hall–Kier alpha value is -1.12.